The molecule has 0 saturated heterocycles. The van der Waals surface area contributed by atoms with Crippen molar-refractivity contribution in [3.8, 4) is 11.1 Å². The largest absolute Gasteiger partial charge is 0.389 e. The highest BCUT2D eigenvalue weighted by atomic mass is 32.1. The lowest BCUT2D eigenvalue weighted by atomic mass is 9.99. The van der Waals surface area contributed by atoms with Crippen molar-refractivity contribution >= 4 is 17.2 Å². The zero-order chi connectivity index (χ0) is 14.4. The third kappa shape index (κ3) is 3.65. The predicted octanol–water partition coefficient (Wildman–Crippen LogP) is 3.91. The Labute approximate surface area is 125 Å². The molecule has 0 aliphatic heterocycles. The summed E-state index contributed by atoms with van der Waals surface area (Å²) in [6.45, 7) is 3.56. The number of hydrogen-bond acceptors (Lipinski definition) is 2. The second-order valence-corrected chi connectivity index (χ2v) is 5.10. The van der Waals surface area contributed by atoms with Crippen molar-refractivity contribution in [1.29, 1.82) is 0 Å². The van der Waals surface area contributed by atoms with E-state index < -0.39 is 0 Å². The normalized spacial score (nSPS) is 10.4. The van der Waals surface area contributed by atoms with Crippen LogP contribution in [0.5, 0.6) is 0 Å². The lowest BCUT2D eigenvalue weighted by Gasteiger charge is -2.09. The molecule has 0 bridgehead atoms. The Kier molecular flexibility index (Phi) is 5.27. The van der Waals surface area contributed by atoms with Crippen LogP contribution in [0.3, 0.4) is 0 Å². The van der Waals surface area contributed by atoms with Crippen molar-refractivity contribution in [2.45, 2.75) is 20.0 Å². The van der Waals surface area contributed by atoms with Crippen molar-refractivity contribution in [1.82, 2.24) is 0 Å². The maximum absolute atomic E-state index is 5.77. The summed E-state index contributed by atoms with van der Waals surface area (Å²) in [4.78, 5) is 0.427. The van der Waals surface area contributed by atoms with E-state index in [-0.39, 0.29) is 0 Å². The van der Waals surface area contributed by atoms with Crippen LogP contribution in [-0.4, -0.2) is 11.6 Å². The molecule has 3 heteroatoms. The number of hydrogen-bond donors (Lipinski definition) is 1. The first-order chi connectivity index (χ1) is 9.72. The zero-order valence-electron chi connectivity index (χ0n) is 11.6. The first-order valence-corrected chi connectivity index (χ1v) is 7.19. The molecule has 0 fully saturated rings. The quantitative estimate of drug-likeness (QED) is 0.645. The van der Waals surface area contributed by atoms with E-state index in [0.717, 1.165) is 29.7 Å². The summed E-state index contributed by atoms with van der Waals surface area (Å²) in [6.07, 6.45) is 1.04. The molecule has 0 aliphatic carbocycles. The monoisotopic (exact) mass is 285 g/mol. The summed E-state index contributed by atoms with van der Waals surface area (Å²) in [7, 11) is 0. The number of nitrogens with two attached hydrogens (primary N) is 1. The summed E-state index contributed by atoms with van der Waals surface area (Å²) in [5.41, 5.74) is 10.1. The highest BCUT2D eigenvalue weighted by Crippen LogP contribution is 2.24. The molecule has 0 saturated carbocycles. The molecule has 0 spiro atoms. The fourth-order valence-electron chi connectivity index (χ4n) is 2.06. The van der Waals surface area contributed by atoms with Gasteiger partial charge in [-0.15, -0.1) is 0 Å². The van der Waals surface area contributed by atoms with E-state index in [1.807, 2.05) is 24.3 Å². The second kappa shape index (κ2) is 7.17. The average Bonchev–Trinajstić information content (AvgIpc) is 2.48. The lowest BCUT2D eigenvalue weighted by molar-refractivity contribution is 0.121. The van der Waals surface area contributed by atoms with Crippen molar-refractivity contribution < 1.29 is 4.74 Å². The smallest absolute Gasteiger partial charge is 0.104 e. The van der Waals surface area contributed by atoms with Gasteiger partial charge in [0.05, 0.1) is 6.61 Å². The van der Waals surface area contributed by atoms with E-state index in [9.17, 15) is 0 Å². The Hall–Kier alpha value is -1.71. The van der Waals surface area contributed by atoms with Gasteiger partial charge >= 0.3 is 0 Å². The summed E-state index contributed by atoms with van der Waals surface area (Å²) < 4.78 is 5.54. The van der Waals surface area contributed by atoms with Crippen LogP contribution in [0.4, 0.5) is 0 Å². The van der Waals surface area contributed by atoms with Crippen LogP contribution in [0.25, 0.3) is 11.1 Å². The Morgan fingerprint density at radius 3 is 2.45 bits per heavy atom. The van der Waals surface area contributed by atoms with E-state index >= 15 is 0 Å². The minimum Gasteiger partial charge on any atom is -0.389 e. The minimum absolute atomic E-state index is 0.427. The average molecular weight is 285 g/mol. The fraction of sp³-hybridized carbons (Fsp3) is 0.235. The molecule has 0 heterocycles. The molecular formula is C17H19NOS. The number of ether oxygens (including phenoxy) is 1. The molecule has 20 heavy (non-hydrogen) atoms. The van der Waals surface area contributed by atoms with Gasteiger partial charge in [0.1, 0.15) is 4.99 Å². The minimum atomic E-state index is 0.427. The van der Waals surface area contributed by atoms with Crippen molar-refractivity contribution in [3.63, 3.8) is 0 Å². The van der Waals surface area contributed by atoms with Crippen LogP contribution in [-0.2, 0) is 11.3 Å². The molecule has 0 aliphatic rings. The molecule has 2 aromatic carbocycles. The van der Waals surface area contributed by atoms with Gasteiger partial charge in [-0.2, -0.15) is 0 Å². The maximum Gasteiger partial charge on any atom is 0.104 e. The van der Waals surface area contributed by atoms with Gasteiger partial charge < -0.3 is 10.5 Å². The number of rotatable bonds is 6. The molecule has 0 amide bonds. The summed E-state index contributed by atoms with van der Waals surface area (Å²) in [5.74, 6) is 0. The summed E-state index contributed by atoms with van der Waals surface area (Å²) in [6, 6.07) is 16.3. The van der Waals surface area contributed by atoms with Crippen LogP contribution in [0.15, 0.2) is 48.5 Å². The third-order valence-corrected chi connectivity index (χ3v) is 3.29. The van der Waals surface area contributed by atoms with Crippen LogP contribution >= 0.6 is 12.2 Å². The molecule has 0 radical (unpaired) electrons. The first-order valence-electron chi connectivity index (χ1n) is 6.78. The molecule has 0 atom stereocenters. The molecule has 2 rings (SSSR count). The molecule has 0 aromatic heterocycles. The van der Waals surface area contributed by atoms with Gasteiger partial charge in [0.2, 0.25) is 0 Å². The van der Waals surface area contributed by atoms with E-state index in [0.29, 0.717) is 11.6 Å². The standard InChI is InChI=1S/C17H19NOS/c1-2-11-19-12-13-7-9-14(10-8-13)15-5-3-4-6-16(15)17(18)20/h3-10H,2,11-12H2,1H3,(H2,18,20). The molecule has 104 valence electrons. The van der Waals surface area contributed by atoms with E-state index in [2.05, 4.69) is 31.2 Å². The lowest BCUT2D eigenvalue weighted by Crippen LogP contribution is -2.10. The van der Waals surface area contributed by atoms with E-state index in [4.69, 9.17) is 22.7 Å². The van der Waals surface area contributed by atoms with Crippen molar-refractivity contribution in [2.75, 3.05) is 6.61 Å². The Bertz CT molecular complexity index is 578. The molecule has 0 unspecified atom stereocenters. The van der Waals surface area contributed by atoms with Crippen LogP contribution in [0, 0.1) is 0 Å². The molecule has 2 N–H and O–H groups in total. The van der Waals surface area contributed by atoms with Gasteiger partial charge in [0.25, 0.3) is 0 Å². The topological polar surface area (TPSA) is 35.2 Å². The summed E-state index contributed by atoms with van der Waals surface area (Å²) in [5, 5.41) is 0. The number of benzene rings is 2. The Balaban J connectivity index is 2.20. The van der Waals surface area contributed by atoms with Crippen LogP contribution in [0.1, 0.15) is 24.5 Å². The van der Waals surface area contributed by atoms with E-state index in [1.165, 1.54) is 5.56 Å². The first kappa shape index (κ1) is 14.7. The molecular weight excluding hydrogens is 266 g/mol. The predicted molar refractivity (Wildman–Crippen MR) is 87.7 cm³/mol. The van der Waals surface area contributed by atoms with Crippen LogP contribution in [0.2, 0.25) is 0 Å². The van der Waals surface area contributed by atoms with Gasteiger partial charge in [-0.25, -0.2) is 0 Å². The van der Waals surface area contributed by atoms with Gasteiger partial charge in [-0.05, 0) is 23.1 Å². The van der Waals surface area contributed by atoms with E-state index in [1.54, 1.807) is 0 Å². The SMILES string of the molecule is CCCOCc1ccc(-c2ccccc2C(N)=S)cc1. The van der Waals surface area contributed by atoms with Gasteiger partial charge in [-0.1, -0.05) is 67.7 Å². The molecule has 2 nitrogen and oxygen atoms in total. The van der Waals surface area contributed by atoms with Crippen molar-refractivity contribution in [3.05, 3.63) is 59.7 Å². The van der Waals surface area contributed by atoms with Crippen LogP contribution < -0.4 is 5.73 Å². The Morgan fingerprint density at radius 1 is 1.10 bits per heavy atom. The summed E-state index contributed by atoms with van der Waals surface area (Å²) >= 11 is 5.10. The van der Waals surface area contributed by atoms with Gasteiger partial charge in [0, 0.05) is 12.2 Å². The third-order valence-electron chi connectivity index (χ3n) is 3.07. The highest BCUT2D eigenvalue weighted by molar-refractivity contribution is 7.80. The second-order valence-electron chi connectivity index (χ2n) is 4.66. The Morgan fingerprint density at radius 2 is 1.80 bits per heavy atom. The maximum atomic E-state index is 5.77. The van der Waals surface area contributed by atoms with Gasteiger partial charge in [-0.3, -0.25) is 0 Å². The van der Waals surface area contributed by atoms with Crippen molar-refractivity contribution in [2.24, 2.45) is 5.73 Å². The number of thiocarbonyl (C=S) groups is 1. The zero-order valence-corrected chi connectivity index (χ0v) is 12.5. The van der Waals surface area contributed by atoms with Gasteiger partial charge in [0.15, 0.2) is 0 Å². The highest BCUT2D eigenvalue weighted by Gasteiger charge is 2.06. The molecule has 2 aromatic rings. The fourth-order valence-corrected chi connectivity index (χ4v) is 2.24.